The zero-order chi connectivity index (χ0) is 13.0. The van der Waals surface area contributed by atoms with E-state index < -0.39 is 11.2 Å². The third-order valence-electron chi connectivity index (χ3n) is 2.20. The standard InChI is InChI=1S/C10H11N5O3/c16-8(12-4-7-3-11-5-13-7)1-6-2-9(17)15-10(18)14-6/h2-3,5H,1,4H2,(H,11,13)(H,12,16)(H2,14,15,17,18). The number of hydrogen-bond acceptors (Lipinski definition) is 4. The molecule has 1 amide bonds. The molecule has 2 aromatic heterocycles. The number of aromatic amines is 3. The Hall–Kier alpha value is -2.64. The molecule has 4 N–H and O–H groups in total. The largest absolute Gasteiger partial charge is 0.350 e. The normalized spacial score (nSPS) is 10.2. The zero-order valence-electron chi connectivity index (χ0n) is 9.32. The van der Waals surface area contributed by atoms with Crippen LogP contribution in [-0.4, -0.2) is 25.8 Å². The smallest absolute Gasteiger partial charge is 0.325 e. The first kappa shape index (κ1) is 11.8. The van der Waals surface area contributed by atoms with Gasteiger partial charge in [-0.05, 0) is 0 Å². The summed E-state index contributed by atoms with van der Waals surface area (Å²) in [6.45, 7) is 0.312. The van der Waals surface area contributed by atoms with Crippen molar-refractivity contribution in [2.45, 2.75) is 13.0 Å². The molecule has 0 aliphatic heterocycles. The number of H-pyrrole nitrogens is 3. The van der Waals surface area contributed by atoms with E-state index in [1.807, 2.05) is 4.98 Å². The average Bonchev–Trinajstić information content (AvgIpc) is 2.77. The highest BCUT2D eigenvalue weighted by Crippen LogP contribution is 1.92. The van der Waals surface area contributed by atoms with Crippen LogP contribution in [0.3, 0.4) is 0 Å². The van der Waals surface area contributed by atoms with Gasteiger partial charge in [0, 0.05) is 18.0 Å². The summed E-state index contributed by atoms with van der Waals surface area (Å²) < 4.78 is 0. The third-order valence-corrected chi connectivity index (χ3v) is 2.20. The summed E-state index contributed by atoms with van der Waals surface area (Å²) in [6.07, 6.45) is 3.04. The molecule has 0 aliphatic carbocycles. The molecule has 0 saturated heterocycles. The van der Waals surface area contributed by atoms with Crippen molar-refractivity contribution in [3.63, 3.8) is 0 Å². The van der Waals surface area contributed by atoms with Crippen LogP contribution in [-0.2, 0) is 17.8 Å². The Morgan fingerprint density at radius 2 is 2.11 bits per heavy atom. The van der Waals surface area contributed by atoms with Crippen molar-refractivity contribution in [1.82, 2.24) is 25.3 Å². The Morgan fingerprint density at radius 1 is 1.28 bits per heavy atom. The second kappa shape index (κ2) is 5.13. The Kier molecular flexibility index (Phi) is 3.37. The second-order valence-corrected chi connectivity index (χ2v) is 3.64. The Morgan fingerprint density at radius 3 is 2.78 bits per heavy atom. The summed E-state index contributed by atoms with van der Waals surface area (Å²) in [5.74, 6) is -0.300. The Balaban J connectivity index is 1.94. The first-order valence-corrected chi connectivity index (χ1v) is 5.20. The maximum absolute atomic E-state index is 11.6. The summed E-state index contributed by atoms with van der Waals surface area (Å²) >= 11 is 0. The van der Waals surface area contributed by atoms with Gasteiger partial charge in [0.15, 0.2) is 0 Å². The molecule has 2 aromatic rings. The van der Waals surface area contributed by atoms with Gasteiger partial charge in [-0.15, -0.1) is 0 Å². The molecule has 8 heteroatoms. The van der Waals surface area contributed by atoms with Crippen LogP contribution >= 0.6 is 0 Å². The van der Waals surface area contributed by atoms with E-state index >= 15 is 0 Å². The number of rotatable bonds is 4. The summed E-state index contributed by atoms with van der Waals surface area (Å²) in [7, 11) is 0. The quantitative estimate of drug-likeness (QED) is 0.534. The van der Waals surface area contributed by atoms with E-state index in [2.05, 4.69) is 20.3 Å². The second-order valence-electron chi connectivity index (χ2n) is 3.64. The Bertz CT molecular complexity index is 612. The molecule has 0 aromatic carbocycles. The van der Waals surface area contributed by atoms with Crippen LogP contribution in [0.5, 0.6) is 0 Å². The van der Waals surface area contributed by atoms with Crippen LogP contribution in [0.1, 0.15) is 11.4 Å². The van der Waals surface area contributed by atoms with E-state index in [9.17, 15) is 14.4 Å². The van der Waals surface area contributed by atoms with Crippen LogP contribution in [0.4, 0.5) is 0 Å². The lowest BCUT2D eigenvalue weighted by atomic mass is 10.3. The predicted octanol–water partition coefficient (Wildman–Crippen LogP) is -1.35. The minimum Gasteiger partial charge on any atom is -0.350 e. The first-order valence-electron chi connectivity index (χ1n) is 5.20. The van der Waals surface area contributed by atoms with Crippen molar-refractivity contribution >= 4 is 5.91 Å². The van der Waals surface area contributed by atoms with Gasteiger partial charge in [0.25, 0.3) is 5.56 Å². The minimum atomic E-state index is -0.626. The van der Waals surface area contributed by atoms with E-state index in [1.54, 1.807) is 6.20 Å². The number of amides is 1. The molecule has 0 aliphatic rings. The highest BCUT2D eigenvalue weighted by Gasteiger charge is 2.05. The molecular weight excluding hydrogens is 238 g/mol. The molecule has 0 saturated carbocycles. The number of carbonyl (C=O) groups is 1. The van der Waals surface area contributed by atoms with Gasteiger partial charge in [-0.1, -0.05) is 0 Å². The summed E-state index contributed by atoms with van der Waals surface area (Å²) in [4.78, 5) is 44.6. The lowest BCUT2D eigenvalue weighted by Crippen LogP contribution is -2.28. The lowest BCUT2D eigenvalue weighted by molar-refractivity contribution is -0.120. The van der Waals surface area contributed by atoms with E-state index in [4.69, 9.17) is 0 Å². The van der Waals surface area contributed by atoms with Crippen molar-refractivity contribution in [2.75, 3.05) is 0 Å². The monoisotopic (exact) mass is 249 g/mol. The van der Waals surface area contributed by atoms with Gasteiger partial charge >= 0.3 is 5.69 Å². The summed E-state index contributed by atoms with van der Waals surface area (Å²) in [5.41, 5.74) is -0.123. The number of carbonyl (C=O) groups excluding carboxylic acids is 1. The SMILES string of the molecule is O=C(Cc1cc(=O)[nH]c(=O)[nH]1)NCc1cnc[nH]1. The van der Waals surface area contributed by atoms with Gasteiger partial charge in [-0.3, -0.25) is 14.6 Å². The number of hydrogen-bond donors (Lipinski definition) is 4. The van der Waals surface area contributed by atoms with E-state index in [0.29, 0.717) is 6.54 Å². The van der Waals surface area contributed by atoms with Gasteiger partial charge in [0.1, 0.15) is 0 Å². The van der Waals surface area contributed by atoms with E-state index in [-0.39, 0.29) is 18.0 Å². The minimum absolute atomic E-state index is 0.0622. The maximum atomic E-state index is 11.6. The molecule has 2 rings (SSSR count). The van der Waals surface area contributed by atoms with Crippen LogP contribution in [0, 0.1) is 0 Å². The predicted molar refractivity (Wildman–Crippen MR) is 61.8 cm³/mol. The van der Waals surface area contributed by atoms with Crippen molar-refractivity contribution in [3.05, 3.63) is 50.8 Å². The van der Waals surface area contributed by atoms with Gasteiger partial charge in [-0.25, -0.2) is 9.78 Å². The molecule has 0 spiro atoms. The van der Waals surface area contributed by atoms with Crippen LogP contribution < -0.4 is 16.6 Å². The Labute approximate surface area is 100 Å². The fourth-order valence-corrected chi connectivity index (χ4v) is 1.43. The topological polar surface area (TPSA) is 124 Å². The lowest BCUT2D eigenvalue weighted by Gasteiger charge is -2.03. The van der Waals surface area contributed by atoms with Crippen LogP contribution in [0.25, 0.3) is 0 Å². The third kappa shape index (κ3) is 3.17. The fraction of sp³-hybridized carbons (Fsp3) is 0.200. The van der Waals surface area contributed by atoms with Gasteiger partial charge in [0.05, 0.1) is 25.0 Å². The molecule has 0 atom stereocenters. The molecule has 0 fully saturated rings. The molecule has 18 heavy (non-hydrogen) atoms. The van der Waals surface area contributed by atoms with Gasteiger partial charge in [-0.2, -0.15) is 0 Å². The van der Waals surface area contributed by atoms with Crippen molar-refractivity contribution < 1.29 is 4.79 Å². The highest BCUT2D eigenvalue weighted by atomic mass is 16.2. The summed E-state index contributed by atoms with van der Waals surface area (Å²) in [6, 6.07) is 1.18. The van der Waals surface area contributed by atoms with Crippen molar-refractivity contribution in [3.8, 4) is 0 Å². The molecule has 8 nitrogen and oxygen atoms in total. The van der Waals surface area contributed by atoms with E-state index in [1.165, 1.54) is 12.4 Å². The average molecular weight is 249 g/mol. The molecule has 2 heterocycles. The zero-order valence-corrected chi connectivity index (χ0v) is 9.32. The molecule has 0 bridgehead atoms. The van der Waals surface area contributed by atoms with Gasteiger partial charge < -0.3 is 15.3 Å². The molecule has 94 valence electrons. The van der Waals surface area contributed by atoms with Crippen molar-refractivity contribution in [1.29, 1.82) is 0 Å². The highest BCUT2D eigenvalue weighted by molar-refractivity contribution is 5.77. The maximum Gasteiger partial charge on any atom is 0.325 e. The fourth-order valence-electron chi connectivity index (χ4n) is 1.43. The first-order chi connectivity index (χ1) is 8.63. The van der Waals surface area contributed by atoms with Gasteiger partial charge in [0.2, 0.25) is 5.91 Å². The van der Waals surface area contributed by atoms with Crippen molar-refractivity contribution in [2.24, 2.45) is 0 Å². The number of imidazole rings is 1. The van der Waals surface area contributed by atoms with Crippen LogP contribution in [0.15, 0.2) is 28.2 Å². The van der Waals surface area contributed by atoms with E-state index in [0.717, 1.165) is 5.69 Å². The van der Waals surface area contributed by atoms with Crippen LogP contribution in [0.2, 0.25) is 0 Å². The number of nitrogens with one attached hydrogen (secondary N) is 4. The number of nitrogens with zero attached hydrogens (tertiary/aromatic N) is 1. The molecule has 0 radical (unpaired) electrons. The molecular formula is C10H11N5O3. The molecule has 0 unspecified atom stereocenters. The number of aromatic nitrogens is 4. The summed E-state index contributed by atoms with van der Waals surface area (Å²) in [5, 5.41) is 2.63.